The molecule has 0 amide bonds. The monoisotopic (exact) mass is 518 g/mol. The van der Waals surface area contributed by atoms with Crippen molar-refractivity contribution >= 4 is 85.5 Å². The quantitative estimate of drug-likeness (QED) is 0.540. The van der Waals surface area contributed by atoms with Gasteiger partial charge in [0.05, 0.1) is 0 Å². The molecule has 19 heavy (non-hydrogen) atoms. The molecule has 0 bridgehead atoms. The van der Waals surface area contributed by atoms with Crippen LogP contribution < -0.4 is 0 Å². The fourth-order valence-electron chi connectivity index (χ4n) is 1.19. The molecule has 0 aliphatic heterocycles. The molecular weight excluding hydrogens is 502 g/mol. The first-order chi connectivity index (χ1) is 7.86. The van der Waals surface area contributed by atoms with Crippen LogP contribution in [0.1, 0.15) is 11.1 Å². The molecule has 2 aromatic carbocycles. The molecule has 2 rings (SSSR count). The van der Waals surface area contributed by atoms with Crippen LogP contribution in [0.5, 0.6) is 0 Å². The van der Waals surface area contributed by atoms with Crippen molar-refractivity contribution in [2.24, 2.45) is 0 Å². The fourth-order valence-corrected chi connectivity index (χ4v) is 2.54. The summed E-state index contributed by atoms with van der Waals surface area (Å²) in [5.74, 6) is 0. The van der Waals surface area contributed by atoms with E-state index in [4.69, 9.17) is 0 Å². The van der Waals surface area contributed by atoms with Gasteiger partial charge in [0.2, 0.25) is 0 Å². The van der Waals surface area contributed by atoms with Gasteiger partial charge in [-0.25, -0.2) is 0 Å². The number of benzene rings is 2. The van der Waals surface area contributed by atoms with E-state index in [-0.39, 0.29) is 40.5 Å². The van der Waals surface area contributed by atoms with Crippen molar-refractivity contribution in [3.05, 3.63) is 71.8 Å². The fraction of sp³-hybridized carbons (Fsp3) is 0.143. The van der Waals surface area contributed by atoms with E-state index in [1.165, 1.54) is 20.0 Å². The van der Waals surface area contributed by atoms with E-state index in [9.17, 15) is 0 Å². The Balaban J connectivity index is -0.000000233. The summed E-state index contributed by atoms with van der Waals surface area (Å²) >= 11 is 3.18. The van der Waals surface area contributed by atoms with Crippen molar-refractivity contribution in [3.8, 4) is 0 Å². The van der Waals surface area contributed by atoms with Crippen LogP contribution in [0.2, 0.25) is 0 Å². The van der Waals surface area contributed by atoms with Crippen molar-refractivity contribution < 1.29 is 0 Å². The van der Waals surface area contributed by atoms with Gasteiger partial charge in [-0.1, -0.05) is 0 Å². The molecule has 2 aromatic rings. The molecule has 0 aromatic heterocycles. The first-order valence-electron chi connectivity index (χ1n) is 5.24. The van der Waals surface area contributed by atoms with Crippen LogP contribution in [0.15, 0.2) is 60.7 Å². The molecule has 0 spiro atoms. The molecule has 0 saturated heterocycles. The van der Waals surface area contributed by atoms with E-state index in [0.29, 0.717) is 0 Å². The zero-order chi connectivity index (χ0) is 11.6. The number of rotatable bonds is 2. The molecule has 0 heterocycles. The summed E-state index contributed by atoms with van der Waals surface area (Å²) < 4.78 is 2.46. The molecule has 0 atom stereocenters. The maximum absolute atomic E-state index is 2.16. The van der Waals surface area contributed by atoms with E-state index >= 15 is 0 Å². The summed E-state index contributed by atoms with van der Waals surface area (Å²) in [6, 6.07) is 21.1. The van der Waals surface area contributed by atoms with Gasteiger partial charge in [-0.05, 0) is 0 Å². The first kappa shape index (κ1) is 25.1. The first-order valence-corrected chi connectivity index (χ1v) is 9.27. The van der Waals surface area contributed by atoms with Gasteiger partial charge < -0.3 is 40.5 Å². The maximum atomic E-state index is 2.16. The third kappa shape index (κ3) is 12.5. The minimum atomic E-state index is 0. The second-order valence-electron chi connectivity index (χ2n) is 3.32. The molecular formula is C14H14S3Sn2. The summed E-state index contributed by atoms with van der Waals surface area (Å²) in [5, 5.41) is 0. The van der Waals surface area contributed by atoms with E-state index in [2.05, 4.69) is 60.7 Å². The average Bonchev–Trinajstić information content (AvgIpc) is 2.41. The van der Waals surface area contributed by atoms with Gasteiger partial charge in [0.1, 0.15) is 0 Å². The summed E-state index contributed by atoms with van der Waals surface area (Å²) in [4.78, 5) is 0. The Kier molecular flexibility index (Phi) is 22.6. The zero-order valence-corrected chi connectivity index (χ0v) is 18.6. The SMILES string of the molecule is [S-2].[S-2].[S-2].[Sn+3][CH2]c1ccccc1.[Sn+3][CH2]c1ccccc1. The number of hydrogen-bond donors (Lipinski definition) is 0. The molecule has 5 heteroatoms. The molecule has 0 nitrogen and oxygen atoms in total. The van der Waals surface area contributed by atoms with Crippen molar-refractivity contribution in [1.29, 1.82) is 0 Å². The predicted octanol–water partition coefficient (Wildman–Crippen LogP) is 2.70. The molecule has 0 radical (unpaired) electrons. The van der Waals surface area contributed by atoms with Gasteiger partial charge >= 0.3 is 126 Å². The summed E-state index contributed by atoms with van der Waals surface area (Å²) in [6.07, 6.45) is 0. The Labute approximate surface area is 164 Å². The van der Waals surface area contributed by atoms with Crippen LogP contribution in [0.3, 0.4) is 0 Å². The summed E-state index contributed by atoms with van der Waals surface area (Å²) in [7, 11) is 0. The Morgan fingerprint density at radius 3 is 0.947 bits per heavy atom. The van der Waals surface area contributed by atoms with E-state index < -0.39 is 0 Å². The van der Waals surface area contributed by atoms with Crippen molar-refractivity contribution in [2.75, 3.05) is 0 Å². The molecule has 0 saturated carbocycles. The van der Waals surface area contributed by atoms with Gasteiger partial charge in [0.15, 0.2) is 0 Å². The average molecular weight is 516 g/mol. The van der Waals surface area contributed by atoms with Crippen LogP contribution in [-0.2, 0) is 49.4 Å². The van der Waals surface area contributed by atoms with Gasteiger partial charge in [-0.15, -0.1) is 0 Å². The van der Waals surface area contributed by atoms with E-state index in [1.54, 1.807) is 45.0 Å². The van der Waals surface area contributed by atoms with Gasteiger partial charge in [0, 0.05) is 0 Å². The third-order valence-electron chi connectivity index (χ3n) is 2.09. The molecule has 0 unspecified atom stereocenters. The van der Waals surface area contributed by atoms with Gasteiger partial charge in [-0.3, -0.25) is 0 Å². The molecule has 0 aliphatic carbocycles. The second-order valence-corrected chi connectivity index (χ2v) is 5.34. The number of hydrogen-bond acceptors (Lipinski definition) is 0. The minimum absolute atomic E-state index is 0. The van der Waals surface area contributed by atoms with Crippen LogP contribution in [0, 0.1) is 0 Å². The van der Waals surface area contributed by atoms with Crippen molar-refractivity contribution in [2.45, 2.75) is 8.87 Å². The normalized spacial score (nSPS) is 7.79. The van der Waals surface area contributed by atoms with Crippen LogP contribution in [0.4, 0.5) is 0 Å². The van der Waals surface area contributed by atoms with Crippen molar-refractivity contribution in [1.82, 2.24) is 0 Å². The molecule has 96 valence electrons. The van der Waals surface area contributed by atoms with Gasteiger partial charge in [-0.2, -0.15) is 0 Å². The van der Waals surface area contributed by atoms with Gasteiger partial charge in [0.25, 0.3) is 0 Å². The van der Waals surface area contributed by atoms with E-state index in [1.807, 2.05) is 0 Å². The summed E-state index contributed by atoms with van der Waals surface area (Å²) in [5.41, 5.74) is 2.90. The third-order valence-corrected chi connectivity index (χ3v) is 4.42. The van der Waals surface area contributed by atoms with Crippen LogP contribution in [0.25, 0.3) is 0 Å². The van der Waals surface area contributed by atoms with E-state index in [0.717, 1.165) is 0 Å². The Hall–Kier alpha value is 1.09. The Bertz CT molecular complexity index is 343. The standard InChI is InChI=1S/2C7H7.3S.2Sn/c2*1-7-5-3-2-4-6-7;;;;;/h2*2-6H,1H2;;;;;/q;;3*-2;2*+3. The van der Waals surface area contributed by atoms with Crippen LogP contribution >= 0.6 is 0 Å². The summed E-state index contributed by atoms with van der Waals surface area (Å²) in [6.45, 7) is 0. The predicted molar refractivity (Wildman–Crippen MR) is 93.9 cm³/mol. The molecule has 0 N–H and O–H groups in total. The Morgan fingerprint density at radius 2 is 0.789 bits per heavy atom. The van der Waals surface area contributed by atoms with Crippen molar-refractivity contribution in [3.63, 3.8) is 0 Å². The Morgan fingerprint density at radius 1 is 0.526 bits per heavy atom. The second kappa shape index (κ2) is 17.1. The molecule has 0 fully saturated rings. The van der Waals surface area contributed by atoms with Crippen LogP contribution in [-0.4, -0.2) is 45.0 Å². The zero-order valence-electron chi connectivity index (χ0n) is 10.4. The topological polar surface area (TPSA) is 0 Å². The molecule has 0 aliphatic rings.